The molecule has 1 aromatic rings. The van der Waals surface area contributed by atoms with Crippen LogP contribution in [-0.2, 0) is 0 Å². The maximum absolute atomic E-state index is 7.50. The Morgan fingerprint density at radius 2 is 2.00 bits per heavy atom. The molecule has 3 N–H and O–H groups in total. The minimum atomic E-state index is -0.0307. The Hall–Kier alpha value is -1.65. The van der Waals surface area contributed by atoms with Crippen molar-refractivity contribution in [3.05, 3.63) is 17.8 Å². The van der Waals surface area contributed by atoms with Gasteiger partial charge >= 0.3 is 0 Å². The maximum Gasteiger partial charge on any atom is 0.244 e. The number of nitrogens with zero attached hydrogens (tertiary/aromatic N) is 2. The van der Waals surface area contributed by atoms with Crippen LogP contribution in [0, 0.1) is 17.2 Å². The van der Waals surface area contributed by atoms with E-state index in [-0.39, 0.29) is 11.9 Å². The number of nitrogen functional groups attached to an aromatic ring is 1. The molecule has 2 atom stereocenters. The highest BCUT2D eigenvalue weighted by Gasteiger charge is 2.26. The first-order chi connectivity index (χ1) is 8.56. The number of ether oxygens (including phenoxy) is 1. The van der Waals surface area contributed by atoms with Crippen molar-refractivity contribution in [2.45, 2.75) is 39.2 Å². The molecule has 0 spiro atoms. The first-order valence-corrected chi connectivity index (χ1v) is 6.39. The molecule has 1 heterocycles. The molecule has 1 aromatic heterocycles. The van der Waals surface area contributed by atoms with Gasteiger partial charge < -0.3 is 10.5 Å². The molecule has 2 unspecified atom stereocenters. The van der Waals surface area contributed by atoms with E-state index in [1.807, 2.05) is 0 Å². The third-order valence-electron chi connectivity index (χ3n) is 3.39. The summed E-state index contributed by atoms with van der Waals surface area (Å²) in [6.45, 7) is 4.49. The quantitative estimate of drug-likeness (QED) is 0.632. The van der Waals surface area contributed by atoms with Crippen LogP contribution in [0.2, 0.25) is 0 Å². The second kappa shape index (κ2) is 5.33. The summed E-state index contributed by atoms with van der Waals surface area (Å²) in [6, 6.07) is 1.67. The Balaban J connectivity index is 2.11. The fourth-order valence-corrected chi connectivity index (χ4v) is 2.74. The summed E-state index contributed by atoms with van der Waals surface area (Å²) in [5, 5.41) is 15.3. The average Bonchev–Trinajstić information content (AvgIpc) is 2.27. The smallest absolute Gasteiger partial charge is 0.244 e. The van der Waals surface area contributed by atoms with Gasteiger partial charge in [0.2, 0.25) is 5.88 Å². The highest BCUT2D eigenvalue weighted by molar-refractivity contribution is 5.96. The van der Waals surface area contributed by atoms with Crippen molar-refractivity contribution < 1.29 is 4.74 Å². The van der Waals surface area contributed by atoms with E-state index in [0.29, 0.717) is 23.3 Å². The van der Waals surface area contributed by atoms with Gasteiger partial charge in [-0.15, -0.1) is 5.10 Å². The third-order valence-corrected chi connectivity index (χ3v) is 3.39. The summed E-state index contributed by atoms with van der Waals surface area (Å²) in [4.78, 5) is 0. The monoisotopic (exact) mass is 248 g/mol. The zero-order valence-corrected chi connectivity index (χ0v) is 10.9. The fourth-order valence-electron chi connectivity index (χ4n) is 2.74. The molecule has 0 saturated heterocycles. The second-order valence-electron chi connectivity index (χ2n) is 5.32. The predicted molar refractivity (Wildman–Crippen MR) is 69.6 cm³/mol. The van der Waals surface area contributed by atoms with Gasteiger partial charge in [-0.05, 0) is 37.2 Å². The molecule has 0 bridgehead atoms. The van der Waals surface area contributed by atoms with Gasteiger partial charge in [0.25, 0.3) is 0 Å². The van der Waals surface area contributed by atoms with Crippen molar-refractivity contribution in [3.63, 3.8) is 0 Å². The van der Waals surface area contributed by atoms with Crippen molar-refractivity contribution in [2.75, 3.05) is 0 Å². The molecule has 0 amide bonds. The zero-order chi connectivity index (χ0) is 13.1. The van der Waals surface area contributed by atoms with E-state index in [2.05, 4.69) is 24.0 Å². The number of hydrogen-bond donors (Lipinski definition) is 2. The molecule has 18 heavy (non-hydrogen) atoms. The molecule has 5 heteroatoms. The van der Waals surface area contributed by atoms with E-state index in [9.17, 15) is 0 Å². The minimum absolute atomic E-state index is 0.0307. The summed E-state index contributed by atoms with van der Waals surface area (Å²) in [7, 11) is 0. The minimum Gasteiger partial charge on any atom is -0.473 e. The van der Waals surface area contributed by atoms with E-state index in [1.165, 1.54) is 12.6 Å². The van der Waals surface area contributed by atoms with Gasteiger partial charge in [-0.3, -0.25) is 5.41 Å². The molecular formula is C13H20N4O. The molecule has 1 fully saturated rings. The van der Waals surface area contributed by atoms with E-state index in [0.717, 1.165) is 12.8 Å². The molecule has 0 aliphatic heterocycles. The highest BCUT2D eigenvalue weighted by atomic mass is 16.5. The molecule has 0 radical (unpaired) electrons. The van der Waals surface area contributed by atoms with Crippen molar-refractivity contribution in [1.82, 2.24) is 10.2 Å². The SMILES string of the molecule is CC1CC(C)CC(Oc2nnccc2C(=N)N)C1. The van der Waals surface area contributed by atoms with Gasteiger partial charge in [-0.1, -0.05) is 13.8 Å². The molecule has 1 aliphatic carbocycles. The standard InChI is InChI=1S/C13H20N4O/c1-8-5-9(2)7-10(6-8)18-13-11(12(14)15)3-4-16-17-13/h3-4,8-10H,5-7H2,1-2H3,(H3,14,15). The molecule has 98 valence electrons. The molecule has 1 saturated carbocycles. The van der Waals surface area contributed by atoms with Gasteiger partial charge in [0.1, 0.15) is 11.9 Å². The third kappa shape index (κ3) is 2.97. The summed E-state index contributed by atoms with van der Waals surface area (Å²) >= 11 is 0. The normalized spacial score (nSPS) is 27.8. The van der Waals surface area contributed by atoms with Crippen LogP contribution in [0.25, 0.3) is 0 Å². The van der Waals surface area contributed by atoms with Crippen LogP contribution in [0.15, 0.2) is 12.3 Å². The van der Waals surface area contributed by atoms with Crippen molar-refractivity contribution in [3.8, 4) is 5.88 Å². The van der Waals surface area contributed by atoms with E-state index < -0.39 is 0 Å². The lowest BCUT2D eigenvalue weighted by atomic mass is 9.82. The first kappa shape index (κ1) is 12.8. The lowest BCUT2D eigenvalue weighted by Gasteiger charge is -2.31. The number of nitrogens with two attached hydrogens (primary N) is 1. The number of hydrogen-bond acceptors (Lipinski definition) is 4. The van der Waals surface area contributed by atoms with Gasteiger partial charge in [0, 0.05) is 0 Å². The van der Waals surface area contributed by atoms with Crippen molar-refractivity contribution >= 4 is 5.84 Å². The van der Waals surface area contributed by atoms with Crippen LogP contribution in [0.3, 0.4) is 0 Å². The number of nitrogens with one attached hydrogen (secondary N) is 1. The lowest BCUT2D eigenvalue weighted by molar-refractivity contribution is 0.0955. The van der Waals surface area contributed by atoms with Crippen molar-refractivity contribution in [1.29, 1.82) is 5.41 Å². The first-order valence-electron chi connectivity index (χ1n) is 6.39. The van der Waals surface area contributed by atoms with E-state index in [4.69, 9.17) is 15.9 Å². The molecule has 0 aromatic carbocycles. The van der Waals surface area contributed by atoms with Gasteiger partial charge in [0.15, 0.2) is 0 Å². The van der Waals surface area contributed by atoms with Crippen LogP contribution in [0.5, 0.6) is 5.88 Å². The Morgan fingerprint density at radius 3 is 2.61 bits per heavy atom. The molecule has 2 rings (SSSR count). The van der Waals surface area contributed by atoms with Gasteiger partial charge in [0.05, 0.1) is 11.8 Å². The largest absolute Gasteiger partial charge is 0.473 e. The van der Waals surface area contributed by atoms with Crippen LogP contribution in [-0.4, -0.2) is 22.1 Å². The molecule has 1 aliphatic rings. The number of amidine groups is 1. The summed E-state index contributed by atoms with van der Waals surface area (Å²) in [5.41, 5.74) is 6.03. The van der Waals surface area contributed by atoms with Crippen molar-refractivity contribution in [2.24, 2.45) is 17.6 Å². The highest BCUT2D eigenvalue weighted by Crippen LogP contribution is 2.31. The average molecular weight is 248 g/mol. The van der Waals surface area contributed by atoms with Gasteiger partial charge in [-0.25, -0.2) is 0 Å². The molecular weight excluding hydrogens is 228 g/mol. The summed E-state index contributed by atoms with van der Waals surface area (Å²) in [6.07, 6.45) is 4.98. The van der Waals surface area contributed by atoms with Gasteiger partial charge in [-0.2, -0.15) is 5.10 Å². The zero-order valence-electron chi connectivity index (χ0n) is 10.9. The Morgan fingerprint density at radius 1 is 1.33 bits per heavy atom. The summed E-state index contributed by atoms with van der Waals surface area (Å²) in [5.74, 6) is 1.68. The topological polar surface area (TPSA) is 84.9 Å². The maximum atomic E-state index is 7.50. The number of aromatic nitrogens is 2. The summed E-state index contributed by atoms with van der Waals surface area (Å²) < 4.78 is 5.89. The fraction of sp³-hybridized carbons (Fsp3) is 0.615. The lowest BCUT2D eigenvalue weighted by Crippen LogP contribution is -2.29. The van der Waals surface area contributed by atoms with E-state index >= 15 is 0 Å². The van der Waals surface area contributed by atoms with Crippen LogP contribution < -0.4 is 10.5 Å². The second-order valence-corrected chi connectivity index (χ2v) is 5.32. The van der Waals surface area contributed by atoms with Crippen LogP contribution in [0.4, 0.5) is 0 Å². The van der Waals surface area contributed by atoms with Crippen LogP contribution >= 0.6 is 0 Å². The predicted octanol–water partition coefficient (Wildman–Crippen LogP) is 1.96. The number of rotatable bonds is 3. The Labute approximate surface area is 107 Å². The Bertz CT molecular complexity index is 425. The molecule has 5 nitrogen and oxygen atoms in total. The van der Waals surface area contributed by atoms with Crippen LogP contribution in [0.1, 0.15) is 38.7 Å². The Kier molecular flexibility index (Phi) is 3.79. The van der Waals surface area contributed by atoms with E-state index in [1.54, 1.807) is 6.07 Å².